The first-order valence-corrected chi connectivity index (χ1v) is 10.8. The lowest BCUT2D eigenvalue weighted by Crippen LogP contribution is -2.28. The molecule has 10 heteroatoms. The van der Waals surface area contributed by atoms with Crippen molar-refractivity contribution in [3.63, 3.8) is 0 Å². The second-order valence-corrected chi connectivity index (χ2v) is 8.95. The van der Waals surface area contributed by atoms with Crippen LogP contribution >= 0.6 is 11.3 Å². The fourth-order valence-electron chi connectivity index (χ4n) is 3.62. The number of thiazole rings is 1. The van der Waals surface area contributed by atoms with E-state index in [4.69, 9.17) is 4.74 Å². The molecule has 1 aliphatic rings. The van der Waals surface area contributed by atoms with Crippen molar-refractivity contribution in [2.75, 3.05) is 23.9 Å². The van der Waals surface area contributed by atoms with Crippen LogP contribution in [0, 0.1) is 11.8 Å². The largest absolute Gasteiger partial charge is 0.464 e. The van der Waals surface area contributed by atoms with Crippen molar-refractivity contribution in [1.29, 1.82) is 0 Å². The minimum Gasteiger partial charge on any atom is -0.464 e. The summed E-state index contributed by atoms with van der Waals surface area (Å²) in [4.78, 5) is 44.1. The molecule has 2 aromatic heterocycles. The lowest BCUT2D eigenvalue weighted by Gasteiger charge is -2.13. The SMILES string of the molecule is COC(=O)c1nc(NC(=O)C2CC(=O)N(c3n[nH]c4ccccc34)C2)sc1CC(C)C. The molecule has 2 N–H and O–H groups in total. The molecule has 0 radical (unpaired) electrons. The number of H-pyrrole nitrogens is 1. The molecule has 31 heavy (non-hydrogen) atoms. The van der Waals surface area contributed by atoms with Gasteiger partial charge >= 0.3 is 5.97 Å². The summed E-state index contributed by atoms with van der Waals surface area (Å²) in [5, 5.41) is 11.1. The van der Waals surface area contributed by atoms with E-state index in [2.05, 4.69) is 20.5 Å². The molecule has 4 rings (SSSR count). The van der Waals surface area contributed by atoms with Crippen molar-refractivity contribution in [3.05, 3.63) is 34.8 Å². The summed E-state index contributed by atoms with van der Waals surface area (Å²) < 4.78 is 4.81. The number of fused-ring (bicyclic) bond motifs is 1. The number of carbonyl (C=O) groups excluding carboxylic acids is 3. The molecule has 1 fully saturated rings. The van der Waals surface area contributed by atoms with E-state index in [1.807, 2.05) is 38.1 Å². The van der Waals surface area contributed by atoms with Crippen LogP contribution < -0.4 is 10.2 Å². The fourth-order valence-corrected chi connectivity index (χ4v) is 4.78. The second-order valence-electron chi connectivity index (χ2n) is 7.87. The Bertz CT molecular complexity index is 1150. The minimum atomic E-state index is -0.540. The number of aromatic amines is 1. The van der Waals surface area contributed by atoms with Crippen LogP contribution in [0.15, 0.2) is 24.3 Å². The highest BCUT2D eigenvalue weighted by atomic mass is 32.1. The van der Waals surface area contributed by atoms with Crippen LogP contribution in [0.3, 0.4) is 0 Å². The van der Waals surface area contributed by atoms with Gasteiger partial charge in [-0.2, -0.15) is 5.10 Å². The Kier molecular flexibility index (Phi) is 5.73. The maximum atomic E-state index is 12.9. The summed E-state index contributed by atoms with van der Waals surface area (Å²) in [7, 11) is 1.30. The number of anilines is 2. The zero-order valence-electron chi connectivity index (χ0n) is 17.5. The molecule has 1 aliphatic heterocycles. The van der Waals surface area contributed by atoms with E-state index in [1.54, 1.807) is 0 Å². The van der Waals surface area contributed by atoms with E-state index in [1.165, 1.54) is 23.3 Å². The minimum absolute atomic E-state index is 0.0844. The molecular weight excluding hydrogens is 418 g/mol. The number of hydrogen-bond donors (Lipinski definition) is 2. The van der Waals surface area contributed by atoms with E-state index >= 15 is 0 Å². The highest BCUT2D eigenvalue weighted by molar-refractivity contribution is 7.16. The van der Waals surface area contributed by atoms with E-state index in [9.17, 15) is 14.4 Å². The summed E-state index contributed by atoms with van der Waals surface area (Å²) in [5.41, 5.74) is 1.05. The van der Waals surface area contributed by atoms with Gasteiger partial charge in [0.25, 0.3) is 0 Å². The van der Waals surface area contributed by atoms with Crippen molar-refractivity contribution >= 4 is 51.0 Å². The molecule has 0 bridgehead atoms. The fraction of sp³-hybridized carbons (Fsp3) is 0.381. The number of ether oxygens (including phenoxy) is 1. The average molecular weight is 442 g/mol. The van der Waals surface area contributed by atoms with Gasteiger partial charge in [0.2, 0.25) is 11.8 Å². The van der Waals surface area contributed by atoms with E-state index in [-0.39, 0.29) is 30.5 Å². The maximum absolute atomic E-state index is 12.9. The van der Waals surface area contributed by atoms with Crippen molar-refractivity contribution in [2.45, 2.75) is 26.7 Å². The van der Waals surface area contributed by atoms with Crippen LogP contribution in [-0.2, 0) is 20.7 Å². The van der Waals surface area contributed by atoms with Crippen molar-refractivity contribution in [1.82, 2.24) is 15.2 Å². The smallest absolute Gasteiger partial charge is 0.357 e. The first kappa shape index (κ1) is 21.0. The molecule has 3 heterocycles. The van der Waals surface area contributed by atoms with E-state index < -0.39 is 11.9 Å². The summed E-state index contributed by atoms with van der Waals surface area (Å²) in [5.74, 6) is -0.694. The molecule has 1 saturated heterocycles. The Morgan fingerprint density at radius 2 is 2.13 bits per heavy atom. The van der Waals surface area contributed by atoms with Gasteiger partial charge in [-0.15, -0.1) is 11.3 Å². The van der Waals surface area contributed by atoms with Gasteiger partial charge in [-0.3, -0.25) is 19.6 Å². The Morgan fingerprint density at radius 1 is 1.35 bits per heavy atom. The summed E-state index contributed by atoms with van der Waals surface area (Å²) in [6, 6.07) is 7.53. The number of hydrogen-bond acceptors (Lipinski definition) is 7. The molecule has 9 nitrogen and oxygen atoms in total. The Labute approximate surface area is 182 Å². The van der Waals surface area contributed by atoms with Gasteiger partial charge in [0, 0.05) is 23.2 Å². The number of carbonyl (C=O) groups is 3. The summed E-state index contributed by atoms with van der Waals surface area (Å²) in [6.45, 7) is 4.31. The number of esters is 1. The number of rotatable bonds is 6. The molecule has 1 atom stereocenters. The number of methoxy groups -OCH3 is 1. The Morgan fingerprint density at radius 3 is 2.87 bits per heavy atom. The molecule has 1 unspecified atom stereocenters. The molecule has 0 saturated carbocycles. The topological polar surface area (TPSA) is 117 Å². The van der Waals surface area contributed by atoms with Gasteiger partial charge in [-0.05, 0) is 24.5 Å². The number of amides is 2. The van der Waals surface area contributed by atoms with Crippen LogP contribution in [0.5, 0.6) is 0 Å². The van der Waals surface area contributed by atoms with Gasteiger partial charge in [-0.1, -0.05) is 26.0 Å². The van der Waals surface area contributed by atoms with Gasteiger partial charge < -0.3 is 10.1 Å². The molecule has 0 aliphatic carbocycles. The Hall–Kier alpha value is -3.27. The van der Waals surface area contributed by atoms with Gasteiger partial charge in [0.05, 0.1) is 18.5 Å². The lowest BCUT2D eigenvalue weighted by molar-refractivity contribution is -0.122. The maximum Gasteiger partial charge on any atom is 0.357 e. The quantitative estimate of drug-likeness (QED) is 0.568. The van der Waals surface area contributed by atoms with Crippen LogP contribution in [0.1, 0.15) is 35.6 Å². The van der Waals surface area contributed by atoms with Crippen LogP contribution in [0.4, 0.5) is 10.9 Å². The lowest BCUT2D eigenvalue weighted by atomic mass is 10.1. The first-order valence-electron chi connectivity index (χ1n) is 9.99. The van der Waals surface area contributed by atoms with E-state index in [0.717, 1.165) is 15.8 Å². The average Bonchev–Trinajstić information content (AvgIpc) is 3.43. The Balaban J connectivity index is 1.50. The highest BCUT2D eigenvalue weighted by Gasteiger charge is 2.37. The third kappa shape index (κ3) is 4.15. The third-order valence-electron chi connectivity index (χ3n) is 5.10. The molecule has 162 valence electrons. The number of nitrogens with one attached hydrogen (secondary N) is 2. The van der Waals surface area contributed by atoms with Gasteiger partial charge in [0.1, 0.15) is 0 Å². The molecular formula is C21H23N5O4S. The van der Waals surface area contributed by atoms with Crippen molar-refractivity contribution in [3.8, 4) is 0 Å². The number of nitrogens with zero attached hydrogens (tertiary/aromatic N) is 3. The number of benzene rings is 1. The second kappa shape index (κ2) is 8.46. The van der Waals surface area contributed by atoms with E-state index in [0.29, 0.717) is 23.3 Å². The standard InChI is InChI=1S/C21H23N5O4S/c1-11(2)8-15-17(20(29)30-3)22-21(31-15)23-19(28)12-9-16(27)26(10-12)18-13-6-4-5-7-14(13)24-25-18/h4-7,11-12H,8-10H2,1-3H3,(H,24,25)(H,22,23,28). The van der Waals surface area contributed by atoms with Crippen LogP contribution in [-0.4, -0.2) is 46.6 Å². The number of para-hydroxylation sites is 1. The predicted octanol–water partition coefficient (Wildman–Crippen LogP) is 3.00. The summed E-state index contributed by atoms with van der Waals surface area (Å²) >= 11 is 1.26. The zero-order chi connectivity index (χ0) is 22.1. The van der Waals surface area contributed by atoms with Crippen molar-refractivity contribution < 1.29 is 19.1 Å². The zero-order valence-corrected chi connectivity index (χ0v) is 18.3. The first-order chi connectivity index (χ1) is 14.9. The van der Waals surface area contributed by atoms with Crippen molar-refractivity contribution in [2.24, 2.45) is 11.8 Å². The third-order valence-corrected chi connectivity index (χ3v) is 6.09. The monoisotopic (exact) mass is 441 g/mol. The number of aromatic nitrogens is 3. The highest BCUT2D eigenvalue weighted by Crippen LogP contribution is 2.31. The summed E-state index contributed by atoms with van der Waals surface area (Å²) in [6.07, 6.45) is 0.737. The van der Waals surface area contributed by atoms with Crippen LogP contribution in [0.2, 0.25) is 0 Å². The normalized spacial score (nSPS) is 16.3. The predicted molar refractivity (Wildman–Crippen MR) is 117 cm³/mol. The molecule has 3 aromatic rings. The molecule has 2 amide bonds. The van der Waals surface area contributed by atoms with Gasteiger partial charge in [0.15, 0.2) is 16.6 Å². The molecule has 0 spiro atoms. The molecule has 1 aromatic carbocycles. The van der Waals surface area contributed by atoms with Gasteiger partial charge in [-0.25, -0.2) is 9.78 Å². The van der Waals surface area contributed by atoms with Crippen LogP contribution in [0.25, 0.3) is 10.9 Å².